The molecule has 19 heavy (non-hydrogen) atoms. The molecule has 0 aliphatic heterocycles. The molecule has 0 amide bonds. The fourth-order valence-corrected chi connectivity index (χ4v) is 2.51. The first-order chi connectivity index (χ1) is 9.10. The van der Waals surface area contributed by atoms with Gasteiger partial charge in [0.2, 0.25) is 0 Å². The lowest BCUT2D eigenvalue weighted by molar-refractivity contribution is 0.412. The highest BCUT2D eigenvalue weighted by atomic mass is 79.9. The third kappa shape index (κ3) is 3.55. The maximum atomic E-state index is 13.1. The average molecular weight is 324 g/mol. The monoisotopic (exact) mass is 323 g/mol. The zero-order valence-corrected chi connectivity index (χ0v) is 12.2. The molecule has 0 heterocycles. The molecule has 2 aromatic carbocycles. The number of halogens is 2. The number of hydrogen-bond donors (Lipinski definition) is 1. The van der Waals surface area contributed by atoms with Gasteiger partial charge < -0.3 is 10.5 Å². The summed E-state index contributed by atoms with van der Waals surface area (Å²) in [5.74, 6) is 0.530. The minimum absolute atomic E-state index is 0.177. The van der Waals surface area contributed by atoms with Crippen molar-refractivity contribution in [1.82, 2.24) is 0 Å². The Kier molecular flexibility index (Phi) is 4.56. The first-order valence-corrected chi connectivity index (χ1v) is 6.73. The number of benzene rings is 2. The minimum atomic E-state index is -0.236. The van der Waals surface area contributed by atoms with E-state index in [0.717, 1.165) is 21.3 Å². The van der Waals surface area contributed by atoms with Crippen LogP contribution in [-0.2, 0) is 6.42 Å². The van der Waals surface area contributed by atoms with Crippen molar-refractivity contribution in [3.05, 3.63) is 63.9 Å². The highest BCUT2D eigenvalue weighted by molar-refractivity contribution is 9.10. The molecule has 1 unspecified atom stereocenters. The fraction of sp³-hybridized carbons (Fsp3) is 0.200. The summed E-state index contributed by atoms with van der Waals surface area (Å²) in [6, 6.07) is 12.1. The van der Waals surface area contributed by atoms with E-state index in [0.29, 0.717) is 6.42 Å². The van der Waals surface area contributed by atoms with Crippen LogP contribution in [0.25, 0.3) is 0 Å². The molecule has 0 aliphatic carbocycles. The Labute approximate surface area is 120 Å². The lowest BCUT2D eigenvalue weighted by atomic mass is 9.99. The number of hydrogen-bond acceptors (Lipinski definition) is 2. The number of ether oxygens (including phenoxy) is 1. The van der Waals surface area contributed by atoms with Crippen molar-refractivity contribution in [3.8, 4) is 5.75 Å². The molecule has 2 nitrogen and oxygen atoms in total. The third-order valence-corrected chi connectivity index (χ3v) is 3.57. The van der Waals surface area contributed by atoms with Gasteiger partial charge in [-0.05, 0) is 57.7 Å². The van der Waals surface area contributed by atoms with E-state index in [2.05, 4.69) is 15.9 Å². The summed E-state index contributed by atoms with van der Waals surface area (Å²) < 4.78 is 19.2. The lowest BCUT2D eigenvalue weighted by Crippen LogP contribution is -2.13. The van der Waals surface area contributed by atoms with Crippen LogP contribution in [-0.4, -0.2) is 7.11 Å². The highest BCUT2D eigenvalue weighted by Crippen LogP contribution is 2.28. The highest BCUT2D eigenvalue weighted by Gasteiger charge is 2.10. The van der Waals surface area contributed by atoms with E-state index in [4.69, 9.17) is 10.5 Å². The maximum absolute atomic E-state index is 13.1. The van der Waals surface area contributed by atoms with Crippen molar-refractivity contribution < 1.29 is 9.13 Å². The summed E-state index contributed by atoms with van der Waals surface area (Å²) in [4.78, 5) is 0. The SMILES string of the molecule is COc1ccc(C(N)Cc2cccc(F)c2)cc1Br. The van der Waals surface area contributed by atoms with E-state index in [1.54, 1.807) is 13.2 Å². The van der Waals surface area contributed by atoms with E-state index < -0.39 is 0 Å². The first-order valence-electron chi connectivity index (χ1n) is 5.93. The Morgan fingerprint density at radius 3 is 2.68 bits per heavy atom. The molecule has 2 aromatic rings. The van der Waals surface area contributed by atoms with Crippen molar-refractivity contribution >= 4 is 15.9 Å². The minimum Gasteiger partial charge on any atom is -0.496 e. The summed E-state index contributed by atoms with van der Waals surface area (Å²) in [6.45, 7) is 0. The Bertz CT molecular complexity index is 574. The second-order valence-corrected chi connectivity index (χ2v) is 5.19. The largest absolute Gasteiger partial charge is 0.496 e. The van der Waals surface area contributed by atoms with Gasteiger partial charge in [0.25, 0.3) is 0 Å². The Hall–Kier alpha value is -1.39. The first kappa shape index (κ1) is 14.0. The molecule has 100 valence electrons. The van der Waals surface area contributed by atoms with Crippen LogP contribution in [0.5, 0.6) is 5.75 Å². The molecular formula is C15H15BrFNO. The van der Waals surface area contributed by atoms with Gasteiger partial charge in [-0.2, -0.15) is 0 Å². The van der Waals surface area contributed by atoms with Gasteiger partial charge in [0.15, 0.2) is 0 Å². The quantitative estimate of drug-likeness (QED) is 0.927. The van der Waals surface area contributed by atoms with Gasteiger partial charge in [-0.3, -0.25) is 0 Å². The number of nitrogens with two attached hydrogens (primary N) is 1. The lowest BCUT2D eigenvalue weighted by Gasteiger charge is -2.14. The van der Waals surface area contributed by atoms with Crippen molar-refractivity contribution in [2.75, 3.05) is 7.11 Å². The predicted molar refractivity (Wildman–Crippen MR) is 77.7 cm³/mol. The van der Waals surface area contributed by atoms with Crippen LogP contribution >= 0.6 is 15.9 Å². The van der Waals surface area contributed by atoms with Crippen LogP contribution in [0.3, 0.4) is 0 Å². The molecule has 0 fully saturated rings. The molecule has 0 bridgehead atoms. The summed E-state index contributed by atoms with van der Waals surface area (Å²) in [7, 11) is 1.62. The summed E-state index contributed by atoms with van der Waals surface area (Å²) in [5, 5.41) is 0. The van der Waals surface area contributed by atoms with Crippen molar-refractivity contribution in [3.63, 3.8) is 0 Å². The summed E-state index contributed by atoms with van der Waals surface area (Å²) in [5.41, 5.74) is 8.03. The normalized spacial score (nSPS) is 12.2. The van der Waals surface area contributed by atoms with E-state index in [-0.39, 0.29) is 11.9 Å². The van der Waals surface area contributed by atoms with Gasteiger partial charge in [0.05, 0.1) is 11.6 Å². The Morgan fingerprint density at radius 1 is 1.26 bits per heavy atom. The molecule has 0 saturated heterocycles. The van der Waals surface area contributed by atoms with Gasteiger partial charge >= 0.3 is 0 Å². The number of methoxy groups -OCH3 is 1. The van der Waals surface area contributed by atoms with Crippen LogP contribution in [0.1, 0.15) is 17.2 Å². The predicted octanol–water partition coefficient (Wildman–Crippen LogP) is 3.84. The van der Waals surface area contributed by atoms with E-state index in [1.165, 1.54) is 12.1 Å². The average Bonchev–Trinajstić information content (AvgIpc) is 2.38. The maximum Gasteiger partial charge on any atom is 0.133 e. The second-order valence-electron chi connectivity index (χ2n) is 4.33. The zero-order valence-electron chi connectivity index (χ0n) is 10.6. The topological polar surface area (TPSA) is 35.2 Å². The Morgan fingerprint density at radius 2 is 2.05 bits per heavy atom. The van der Waals surface area contributed by atoms with Crippen LogP contribution in [0.15, 0.2) is 46.9 Å². The van der Waals surface area contributed by atoms with E-state index in [9.17, 15) is 4.39 Å². The zero-order chi connectivity index (χ0) is 13.8. The second kappa shape index (κ2) is 6.17. The van der Waals surface area contributed by atoms with Gasteiger partial charge in [-0.15, -0.1) is 0 Å². The molecule has 1 atom stereocenters. The molecule has 2 rings (SSSR count). The standard InChI is InChI=1S/C15H15BrFNO/c1-19-15-6-5-11(9-13(15)16)14(18)8-10-3-2-4-12(17)7-10/h2-7,9,14H,8,18H2,1H3. The molecule has 2 N–H and O–H groups in total. The summed E-state index contributed by atoms with van der Waals surface area (Å²) >= 11 is 3.43. The number of rotatable bonds is 4. The van der Waals surface area contributed by atoms with Crippen LogP contribution < -0.4 is 10.5 Å². The van der Waals surface area contributed by atoms with Gasteiger partial charge in [-0.25, -0.2) is 4.39 Å². The molecule has 0 spiro atoms. The molecule has 0 aromatic heterocycles. The molecular weight excluding hydrogens is 309 g/mol. The van der Waals surface area contributed by atoms with Crippen molar-refractivity contribution in [1.29, 1.82) is 0 Å². The molecule has 0 radical (unpaired) electrons. The van der Waals surface area contributed by atoms with E-state index >= 15 is 0 Å². The van der Waals surface area contributed by atoms with Crippen LogP contribution in [0, 0.1) is 5.82 Å². The van der Waals surface area contributed by atoms with Gasteiger partial charge in [0.1, 0.15) is 11.6 Å². The molecule has 0 aliphatic rings. The van der Waals surface area contributed by atoms with E-state index in [1.807, 2.05) is 24.3 Å². The van der Waals surface area contributed by atoms with Gasteiger partial charge in [0, 0.05) is 6.04 Å². The summed E-state index contributed by atoms with van der Waals surface area (Å²) in [6.07, 6.45) is 0.594. The molecule has 4 heteroatoms. The Balaban J connectivity index is 2.15. The van der Waals surface area contributed by atoms with Gasteiger partial charge in [-0.1, -0.05) is 18.2 Å². The third-order valence-electron chi connectivity index (χ3n) is 2.95. The van der Waals surface area contributed by atoms with Crippen LogP contribution in [0.4, 0.5) is 4.39 Å². The smallest absolute Gasteiger partial charge is 0.133 e. The van der Waals surface area contributed by atoms with Crippen molar-refractivity contribution in [2.24, 2.45) is 5.73 Å². The molecule has 0 saturated carbocycles. The fourth-order valence-electron chi connectivity index (χ4n) is 1.95. The van der Waals surface area contributed by atoms with Crippen LogP contribution in [0.2, 0.25) is 0 Å². The van der Waals surface area contributed by atoms with Crippen molar-refractivity contribution in [2.45, 2.75) is 12.5 Å².